The number of aliphatic imine (C=N–C) groups is 1. The van der Waals surface area contributed by atoms with Crippen LogP contribution in [0.5, 0.6) is 0 Å². The van der Waals surface area contributed by atoms with E-state index < -0.39 is 47.5 Å². The van der Waals surface area contributed by atoms with Gasteiger partial charge in [0.15, 0.2) is 0 Å². The van der Waals surface area contributed by atoms with Crippen LogP contribution in [0.1, 0.15) is 59.1 Å². The number of hydrogen-bond donors (Lipinski definition) is 1. The van der Waals surface area contributed by atoms with Gasteiger partial charge in [0.1, 0.15) is 30.5 Å². The lowest BCUT2D eigenvalue weighted by atomic mass is 10.1. The second-order valence-corrected chi connectivity index (χ2v) is 12.7. The molecule has 1 aliphatic rings. The van der Waals surface area contributed by atoms with Gasteiger partial charge in [-0.15, -0.1) is 11.6 Å². The molecule has 1 fully saturated rings. The lowest BCUT2D eigenvalue weighted by molar-refractivity contribution is -0.158. The van der Waals surface area contributed by atoms with Crippen molar-refractivity contribution in [1.29, 1.82) is 0 Å². The van der Waals surface area contributed by atoms with E-state index >= 15 is 0 Å². The number of rotatable bonds is 10. The molecule has 2 aromatic rings. The first-order chi connectivity index (χ1) is 21.6. The normalized spacial score (nSPS) is 16.4. The maximum atomic E-state index is 13.7. The Balaban J connectivity index is 1.95. The Morgan fingerprint density at radius 3 is 1.96 bits per heavy atom. The first-order valence-electron chi connectivity index (χ1n) is 15.0. The molecule has 3 amide bonds. The van der Waals surface area contributed by atoms with Crippen LogP contribution in [0.15, 0.2) is 78.3 Å². The Morgan fingerprint density at radius 2 is 1.43 bits per heavy atom. The van der Waals surface area contributed by atoms with Crippen LogP contribution in [0.2, 0.25) is 0 Å². The van der Waals surface area contributed by atoms with Crippen LogP contribution in [0.3, 0.4) is 0 Å². The lowest BCUT2D eigenvalue weighted by Crippen LogP contribution is -2.50. The van der Waals surface area contributed by atoms with Crippen molar-refractivity contribution in [3.63, 3.8) is 0 Å². The van der Waals surface area contributed by atoms with E-state index in [1.807, 2.05) is 36.4 Å². The van der Waals surface area contributed by atoms with Crippen molar-refractivity contribution in [2.45, 2.75) is 84.5 Å². The quantitative estimate of drug-likeness (QED) is 0.195. The van der Waals surface area contributed by atoms with Crippen LogP contribution in [0, 0.1) is 0 Å². The molecule has 12 heteroatoms. The molecule has 0 bridgehead atoms. The molecule has 0 spiro atoms. The van der Waals surface area contributed by atoms with Gasteiger partial charge in [-0.05, 0) is 52.7 Å². The average molecular weight is 637 g/mol. The first-order valence-corrected chi connectivity index (χ1v) is 15.0. The number of esters is 1. The highest BCUT2D eigenvalue weighted by molar-refractivity contribution is 6.01. The summed E-state index contributed by atoms with van der Waals surface area (Å²) in [6.45, 7) is 14.3. The highest BCUT2D eigenvalue weighted by Crippen LogP contribution is 2.24. The zero-order valence-corrected chi connectivity index (χ0v) is 27.4. The molecule has 248 valence electrons. The summed E-state index contributed by atoms with van der Waals surface area (Å²) in [6.07, 6.45) is -1.09. The van der Waals surface area contributed by atoms with Gasteiger partial charge in [-0.1, -0.05) is 66.7 Å². The standard InChI is InChI=1S/C34H44N4O8/c1-8-19-37-21-26(20-27(28(39)45-33(2,3)4)35-31(41)46-34(5,6)7)38(32(42)44-23-25-17-13-10-14-18-25)29(37)36-30(40)43-22-24-15-11-9-12-16-24/h8-18,26-27H,1,19-23H2,2-7H3,(H,35,41)/b36-29+/t26?,27-/m0/s1. The van der Waals surface area contributed by atoms with Crippen molar-refractivity contribution in [3.05, 3.63) is 84.4 Å². The fourth-order valence-electron chi connectivity index (χ4n) is 4.51. The van der Waals surface area contributed by atoms with E-state index in [0.29, 0.717) is 0 Å². The van der Waals surface area contributed by atoms with Crippen LogP contribution in [-0.4, -0.2) is 76.4 Å². The van der Waals surface area contributed by atoms with Crippen LogP contribution in [-0.2, 0) is 37.0 Å². The Hall–Kier alpha value is -4.87. The molecule has 0 aromatic heterocycles. The van der Waals surface area contributed by atoms with Crippen LogP contribution in [0.4, 0.5) is 14.4 Å². The van der Waals surface area contributed by atoms with Crippen molar-refractivity contribution in [1.82, 2.24) is 15.1 Å². The summed E-state index contributed by atoms with van der Waals surface area (Å²) in [6, 6.07) is 16.2. The largest absolute Gasteiger partial charge is 0.458 e. The van der Waals surface area contributed by atoms with Gasteiger partial charge in [-0.3, -0.25) is 0 Å². The van der Waals surface area contributed by atoms with Crippen LogP contribution >= 0.6 is 0 Å². The third-order valence-electron chi connectivity index (χ3n) is 6.33. The molecule has 2 atom stereocenters. The highest BCUT2D eigenvalue weighted by Gasteiger charge is 2.44. The second-order valence-electron chi connectivity index (χ2n) is 12.7. The fraction of sp³-hybridized carbons (Fsp3) is 0.441. The molecular weight excluding hydrogens is 592 g/mol. The van der Waals surface area contributed by atoms with Gasteiger partial charge in [-0.25, -0.2) is 24.1 Å². The molecule has 0 aliphatic carbocycles. The third kappa shape index (κ3) is 11.6. The van der Waals surface area contributed by atoms with Crippen LogP contribution in [0.25, 0.3) is 0 Å². The molecular formula is C34H44N4O8. The minimum absolute atomic E-state index is 0.0275. The number of carbonyl (C=O) groups is 4. The highest BCUT2D eigenvalue weighted by atomic mass is 16.6. The van der Waals surface area contributed by atoms with E-state index in [0.717, 1.165) is 11.1 Å². The Labute approximate surface area is 270 Å². The maximum Gasteiger partial charge on any atom is 0.437 e. The number of nitrogens with one attached hydrogen (secondary N) is 1. The molecule has 1 aliphatic heterocycles. The predicted octanol–water partition coefficient (Wildman–Crippen LogP) is 5.81. The van der Waals surface area contributed by atoms with Gasteiger partial charge in [0, 0.05) is 19.5 Å². The minimum atomic E-state index is -1.22. The summed E-state index contributed by atoms with van der Waals surface area (Å²) in [5, 5.41) is 2.60. The van der Waals surface area contributed by atoms with Crippen molar-refractivity contribution in [2.24, 2.45) is 4.99 Å². The Bertz CT molecular complexity index is 1380. The van der Waals surface area contributed by atoms with Crippen molar-refractivity contribution >= 4 is 30.2 Å². The van der Waals surface area contributed by atoms with Gasteiger partial charge in [-0.2, -0.15) is 0 Å². The summed E-state index contributed by atoms with van der Waals surface area (Å²) in [5.74, 6) is -0.764. The van der Waals surface area contributed by atoms with Gasteiger partial charge in [0.25, 0.3) is 0 Å². The number of ether oxygens (including phenoxy) is 4. The zero-order valence-electron chi connectivity index (χ0n) is 27.4. The van der Waals surface area contributed by atoms with E-state index in [4.69, 9.17) is 18.9 Å². The third-order valence-corrected chi connectivity index (χ3v) is 6.33. The Kier molecular flexibility index (Phi) is 12.3. The van der Waals surface area contributed by atoms with E-state index in [9.17, 15) is 19.2 Å². The van der Waals surface area contributed by atoms with Crippen molar-refractivity contribution in [3.8, 4) is 0 Å². The lowest BCUT2D eigenvalue weighted by Gasteiger charge is -2.29. The van der Waals surface area contributed by atoms with Crippen molar-refractivity contribution < 1.29 is 38.1 Å². The number of nitrogens with zero attached hydrogens (tertiary/aromatic N) is 3. The molecule has 1 saturated heterocycles. The molecule has 46 heavy (non-hydrogen) atoms. The number of alkyl carbamates (subject to hydrolysis) is 1. The fourth-order valence-corrected chi connectivity index (χ4v) is 4.51. The zero-order chi connectivity index (χ0) is 33.9. The molecule has 1 heterocycles. The monoisotopic (exact) mass is 636 g/mol. The second kappa shape index (κ2) is 15.9. The van der Waals surface area contributed by atoms with E-state index in [1.54, 1.807) is 76.8 Å². The molecule has 1 N–H and O–H groups in total. The minimum Gasteiger partial charge on any atom is -0.458 e. The van der Waals surface area contributed by atoms with Crippen LogP contribution < -0.4 is 5.32 Å². The van der Waals surface area contributed by atoms with Gasteiger partial charge < -0.3 is 29.2 Å². The number of benzene rings is 2. The summed E-state index contributed by atoms with van der Waals surface area (Å²) < 4.78 is 22.0. The average Bonchev–Trinajstić information content (AvgIpc) is 3.29. The smallest absolute Gasteiger partial charge is 0.437 e. The van der Waals surface area contributed by atoms with Gasteiger partial charge >= 0.3 is 24.2 Å². The van der Waals surface area contributed by atoms with E-state index in [1.165, 1.54) is 4.90 Å². The molecule has 1 unspecified atom stereocenters. The molecule has 3 rings (SSSR count). The summed E-state index contributed by atoms with van der Waals surface area (Å²) in [4.78, 5) is 59.8. The van der Waals surface area contributed by atoms with E-state index in [-0.39, 0.29) is 38.7 Å². The first kappa shape index (κ1) is 35.6. The molecule has 0 radical (unpaired) electrons. The van der Waals surface area contributed by atoms with Gasteiger partial charge in [0.05, 0.1) is 6.04 Å². The molecule has 2 aromatic carbocycles. The Morgan fingerprint density at radius 1 is 0.891 bits per heavy atom. The van der Waals surface area contributed by atoms with Gasteiger partial charge in [0.2, 0.25) is 5.96 Å². The number of hydrogen-bond acceptors (Lipinski definition) is 8. The predicted molar refractivity (Wildman–Crippen MR) is 172 cm³/mol. The van der Waals surface area contributed by atoms with Crippen molar-refractivity contribution in [2.75, 3.05) is 13.1 Å². The summed E-state index contributed by atoms with van der Waals surface area (Å²) in [7, 11) is 0. The summed E-state index contributed by atoms with van der Waals surface area (Å²) >= 11 is 0. The number of guanidine groups is 1. The SMILES string of the molecule is C=CCN1CC(C[C@H](NC(=O)OC(C)(C)C)C(=O)OC(C)(C)C)N(C(=O)OCc2ccccc2)/C1=N/C(=O)OCc1ccccc1. The maximum absolute atomic E-state index is 13.7. The number of carbonyl (C=O) groups excluding carboxylic acids is 4. The van der Waals surface area contributed by atoms with E-state index in [2.05, 4.69) is 16.9 Å². The number of amides is 3. The topological polar surface area (TPSA) is 136 Å². The summed E-state index contributed by atoms with van der Waals surface area (Å²) in [5.41, 5.74) is -0.188. The molecule has 0 saturated carbocycles. The molecule has 12 nitrogen and oxygen atoms in total.